The second-order valence-corrected chi connectivity index (χ2v) is 8.34. The second-order valence-electron chi connectivity index (χ2n) is 7.40. The van der Waals surface area contributed by atoms with Crippen LogP contribution < -0.4 is 5.32 Å². The van der Waals surface area contributed by atoms with E-state index in [-0.39, 0.29) is 5.91 Å². The Balaban J connectivity index is 1.63. The summed E-state index contributed by atoms with van der Waals surface area (Å²) in [5.41, 5.74) is 3.59. The first kappa shape index (κ1) is 23.0. The summed E-state index contributed by atoms with van der Waals surface area (Å²) >= 11 is 1.69. The minimum Gasteiger partial charge on any atom is -0.383 e. The first-order chi connectivity index (χ1) is 15.2. The molecule has 1 N–H and O–H groups in total. The average molecular weight is 439 g/mol. The van der Waals surface area contributed by atoms with Gasteiger partial charge in [-0.1, -0.05) is 59.8 Å². The lowest BCUT2D eigenvalue weighted by molar-refractivity contribution is -0.121. The van der Waals surface area contributed by atoms with Gasteiger partial charge in [-0.3, -0.25) is 9.36 Å². The fourth-order valence-electron chi connectivity index (χ4n) is 3.29. The van der Waals surface area contributed by atoms with Gasteiger partial charge in [-0.15, -0.1) is 10.2 Å². The first-order valence-electron chi connectivity index (χ1n) is 10.6. The van der Waals surface area contributed by atoms with Crippen molar-refractivity contribution in [1.82, 2.24) is 20.1 Å². The number of nitrogens with zero attached hydrogens (tertiary/aromatic N) is 3. The van der Waals surface area contributed by atoms with Gasteiger partial charge in [0.25, 0.3) is 0 Å². The van der Waals surface area contributed by atoms with Gasteiger partial charge >= 0.3 is 0 Å². The Morgan fingerprint density at radius 3 is 2.71 bits per heavy atom. The fourth-order valence-corrected chi connectivity index (χ4v) is 4.21. The van der Waals surface area contributed by atoms with Crippen molar-refractivity contribution >= 4 is 17.7 Å². The number of nitrogens with one attached hydrogen (secondary N) is 1. The molecule has 7 heteroatoms. The Labute approximate surface area is 188 Å². The highest BCUT2D eigenvalue weighted by Crippen LogP contribution is 2.26. The van der Waals surface area contributed by atoms with E-state index in [4.69, 9.17) is 4.74 Å². The van der Waals surface area contributed by atoms with Gasteiger partial charge in [0.1, 0.15) is 5.82 Å². The maximum atomic E-state index is 11.9. The van der Waals surface area contributed by atoms with E-state index in [2.05, 4.69) is 63.4 Å². The number of carbonyl (C=O) groups is 1. The monoisotopic (exact) mass is 438 g/mol. The molecule has 31 heavy (non-hydrogen) atoms. The van der Waals surface area contributed by atoms with Crippen molar-refractivity contribution in [2.75, 3.05) is 20.3 Å². The third kappa shape index (κ3) is 7.22. The predicted molar refractivity (Wildman–Crippen MR) is 125 cm³/mol. The van der Waals surface area contributed by atoms with Crippen molar-refractivity contribution < 1.29 is 9.53 Å². The lowest BCUT2D eigenvalue weighted by Gasteiger charge is -2.10. The van der Waals surface area contributed by atoms with Gasteiger partial charge in [-0.25, -0.2) is 0 Å². The van der Waals surface area contributed by atoms with E-state index in [1.807, 2.05) is 18.2 Å². The van der Waals surface area contributed by atoms with Crippen LogP contribution in [0.25, 0.3) is 5.69 Å². The molecule has 1 aromatic heterocycles. The number of thioether (sulfide) groups is 1. The van der Waals surface area contributed by atoms with Crippen molar-refractivity contribution in [1.29, 1.82) is 0 Å². The molecular formula is C24H30N4O2S. The van der Waals surface area contributed by atoms with E-state index >= 15 is 0 Å². The smallest absolute Gasteiger partial charge is 0.220 e. The molecule has 0 saturated carbocycles. The van der Waals surface area contributed by atoms with E-state index in [0.717, 1.165) is 41.7 Å². The number of unbranched alkanes of at least 4 members (excludes halogenated alkanes) is 1. The molecule has 0 radical (unpaired) electrons. The summed E-state index contributed by atoms with van der Waals surface area (Å²) in [6, 6.07) is 18.8. The topological polar surface area (TPSA) is 69.0 Å². The number of hydrogen-bond acceptors (Lipinski definition) is 5. The highest BCUT2D eigenvalue weighted by Gasteiger charge is 2.14. The zero-order valence-electron chi connectivity index (χ0n) is 18.2. The van der Waals surface area contributed by atoms with E-state index in [1.54, 1.807) is 18.9 Å². The molecule has 164 valence electrons. The second kappa shape index (κ2) is 12.3. The normalized spacial score (nSPS) is 10.9. The van der Waals surface area contributed by atoms with Crippen molar-refractivity contribution in [3.05, 3.63) is 71.5 Å². The largest absolute Gasteiger partial charge is 0.383 e. The van der Waals surface area contributed by atoms with Gasteiger partial charge in [0, 0.05) is 37.9 Å². The first-order valence-corrected chi connectivity index (χ1v) is 11.6. The summed E-state index contributed by atoms with van der Waals surface area (Å²) in [7, 11) is 1.63. The summed E-state index contributed by atoms with van der Waals surface area (Å²) in [5, 5.41) is 12.7. The van der Waals surface area contributed by atoms with Crippen molar-refractivity contribution in [2.45, 2.75) is 43.5 Å². The van der Waals surface area contributed by atoms with Gasteiger partial charge in [-0.2, -0.15) is 0 Å². The number of methoxy groups -OCH3 is 1. The summed E-state index contributed by atoms with van der Waals surface area (Å²) in [6.07, 6.45) is 2.98. The molecule has 0 aliphatic heterocycles. The average Bonchev–Trinajstić information content (AvgIpc) is 3.19. The van der Waals surface area contributed by atoms with Crippen LogP contribution in [0, 0.1) is 6.92 Å². The highest BCUT2D eigenvalue weighted by atomic mass is 32.2. The van der Waals surface area contributed by atoms with Crippen LogP contribution in [-0.2, 0) is 21.7 Å². The molecule has 0 atom stereocenters. The Morgan fingerprint density at radius 2 is 1.94 bits per heavy atom. The van der Waals surface area contributed by atoms with Crippen LogP contribution in [0.5, 0.6) is 0 Å². The van der Waals surface area contributed by atoms with E-state index in [1.165, 1.54) is 11.1 Å². The molecule has 0 bridgehead atoms. The zero-order chi connectivity index (χ0) is 21.9. The molecule has 0 spiro atoms. The molecule has 3 rings (SSSR count). The van der Waals surface area contributed by atoms with Crippen molar-refractivity contribution in [3.63, 3.8) is 0 Å². The van der Waals surface area contributed by atoms with Crippen LogP contribution >= 0.6 is 11.8 Å². The SMILES string of the molecule is COCCNC(=O)CCCCc1nnc(SCc2cccc(C)c2)n1-c1ccccc1. The molecule has 3 aromatic rings. The molecule has 0 aliphatic carbocycles. The molecule has 1 amide bonds. The number of rotatable bonds is 12. The van der Waals surface area contributed by atoms with Crippen LogP contribution in [0.2, 0.25) is 0 Å². The number of hydrogen-bond donors (Lipinski definition) is 1. The number of carbonyl (C=O) groups excluding carboxylic acids is 1. The number of aryl methyl sites for hydroxylation is 2. The fraction of sp³-hybridized carbons (Fsp3) is 0.375. The molecule has 0 saturated heterocycles. The van der Waals surface area contributed by atoms with Crippen molar-refractivity contribution in [2.24, 2.45) is 0 Å². The number of ether oxygens (including phenoxy) is 1. The lowest BCUT2D eigenvalue weighted by atomic mass is 10.1. The number of amides is 1. The third-order valence-electron chi connectivity index (χ3n) is 4.85. The summed E-state index contributed by atoms with van der Waals surface area (Å²) in [4.78, 5) is 11.9. The molecule has 0 fully saturated rings. The molecule has 2 aromatic carbocycles. The van der Waals surface area contributed by atoms with Crippen molar-refractivity contribution in [3.8, 4) is 5.69 Å². The van der Waals surface area contributed by atoms with Gasteiger partial charge in [0.2, 0.25) is 5.91 Å². The van der Waals surface area contributed by atoms with Gasteiger partial charge in [0.15, 0.2) is 5.16 Å². The van der Waals surface area contributed by atoms with Gasteiger partial charge < -0.3 is 10.1 Å². The number of aromatic nitrogens is 3. The predicted octanol–water partition coefficient (Wildman–Crippen LogP) is 4.34. The number of benzene rings is 2. The Bertz CT molecular complexity index is 959. The van der Waals surface area contributed by atoms with E-state index < -0.39 is 0 Å². The Morgan fingerprint density at radius 1 is 1.10 bits per heavy atom. The molecule has 1 heterocycles. The standard InChI is InChI=1S/C24H30N4O2S/c1-19-9-8-10-20(17-19)18-31-24-27-26-22(28(24)21-11-4-3-5-12-21)13-6-7-14-23(29)25-15-16-30-2/h3-5,8-12,17H,6-7,13-16,18H2,1-2H3,(H,25,29). The maximum absolute atomic E-state index is 11.9. The highest BCUT2D eigenvalue weighted by molar-refractivity contribution is 7.98. The Kier molecular flexibility index (Phi) is 9.12. The van der Waals surface area contributed by atoms with Crippen LogP contribution in [-0.4, -0.2) is 40.9 Å². The number of para-hydroxylation sites is 1. The van der Waals surface area contributed by atoms with Gasteiger partial charge in [-0.05, 0) is 37.5 Å². The summed E-state index contributed by atoms with van der Waals surface area (Å²) in [6.45, 7) is 3.20. The maximum Gasteiger partial charge on any atom is 0.220 e. The third-order valence-corrected chi connectivity index (χ3v) is 5.85. The van der Waals surface area contributed by atoms with Crippen LogP contribution in [0.3, 0.4) is 0 Å². The van der Waals surface area contributed by atoms with Gasteiger partial charge in [0.05, 0.1) is 6.61 Å². The molecular weight excluding hydrogens is 408 g/mol. The summed E-state index contributed by atoms with van der Waals surface area (Å²) < 4.78 is 7.09. The van der Waals surface area contributed by atoms with E-state index in [9.17, 15) is 4.79 Å². The lowest BCUT2D eigenvalue weighted by Crippen LogP contribution is -2.26. The minimum absolute atomic E-state index is 0.0657. The quantitative estimate of drug-likeness (QED) is 0.336. The van der Waals surface area contributed by atoms with Crippen LogP contribution in [0.4, 0.5) is 0 Å². The van der Waals surface area contributed by atoms with E-state index in [0.29, 0.717) is 19.6 Å². The zero-order valence-corrected chi connectivity index (χ0v) is 19.0. The molecule has 6 nitrogen and oxygen atoms in total. The molecule has 0 aliphatic rings. The minimum atomic E-state index is 0.0657. The molecule has 0 unspecified atom stereocenters. The Hall–Kier alpha value is -2.64. The van der Waals surface area contributed by atoms with Crippen LogP contribution in [0.1, 0.15) is 36.2 Å². The van der Waals surface area contributed by atoms with Crippen LogP contribution in [0.15, 0.2) is 59.8 Å². The summed E-state index contributed by atoms with van der Waals surface area (Å²) in [5.74, 6) is 1.84.